The third-order valence-electron chi connectivity index (χ3n) is 4.18. The largest absolute Gasteiger partial charge is 0.361 e. The monoisotopic (exact) mass is 275 g/mol. The second-order valence-electron chi connectivity index (χ2n) is 5.47. The standard InChI is InChI=1S/C18H17N3/c19-10-14-7-5-13-9-12(6-8-17(13)21-14)16-11-20-18-4-2-1-3-15(16)18/h1-4,6,8-9,11,20H,5,7,10,19H2. The molecule has 0 atom stereocenters. The molecule has 1 aliphatic rings. The summed E-state index contributed by atoms with van der Waals surface area (Å²) >= 11 is 0. The lowest BCUT2D eigenvalue weighted by atomic mass is 9.96. The van der Waals surface area contributed by atoms with E-state index in [1.807, 2.05) is 0 Å². The van der Waals surface area contributed by atoms with Crippen LogP contribution < -0.4 is 5.73 Å². The zero-order chi connectivity index (χ0) is 14.2. The van der Waals surface area contributed by atoms with Gasteiger partial charge in [-0.05, 0) is 42.2 Å². The van der Waals surface area contributed by atoms with Crippen molar-refractivity contribution in [2.24, 2.45) is 10.7 Å². The Morgan fingerprint density at radius 3 is 2.90 bits per heavy atom. The molecule has 3 nitrogen and oxygen atoms in total. The van der Waals surface area contributed by atoms with Crippen molar-refractivity contribution in [3.8, 4) is 11.1 Å². The Balaban J connectivity index is 1.82. The number of hydrogen-bond acceptors (Lipinski definition) is 2. The summed E-state index contributed by atoms with van der Waals surface area (Å²) in [6.45, 7) is 0.559. The molecule has 1 aliphatic heterocycles. The number of aryl methyl sites for hydroxylation is 1. The lowest BCUT2D eigenvalue weighted by molar-refractivity contribution is 0.984. The number of para-hydroxylation sites is 1. The van der Waals surface area contributed by atoms with E-state index >= 15 is 0 Å². The van der Waals surface area contributed by atoms with Crippen LogP contribution in [0, 0.1) is 0 Å². The van der Waals surface area contributed by atoms with E-state index in [-0.39, 0.29) is 0 Å². The number of nitrogens with one attached hydrogen (secondary N) is 1. The number of aromatic nitrogens is 1. The number of H-pyrrole nitrogens is 1. The molecule has 2 heterocycles. The summed E-state index contributed by atoms with van der Waals surface area (Å²) in [5.74, 6) is 0. The molecule has 0 saturated carbocycles. The van der Waals surface area contributed by atoms with Crippen molar-refractivity contribution in [3.05, 3.63) is 54.2 Å². The minimum atomic E-state index is 0.559. The minimum Gasteiger partial charge on any atom is -0.361 e. The van der Waals surface area contributed by atoms with Crippen LogP contribution >= 0.6 is 0 Å². The molecule has 1 aromatic heterocycles. The topological polar surface area (TPSA) is 54.2 Å². The highest BCUT2D eigenvalue weighted by atomic mass is 14.8. The Hall–Kier alpha value is -2.39. The first-order valence-corrected chi connectivity index (χ1v) is 7.31. The van der Waals surface area contributed by atoms with Crippen molar-refractivity contribution in [2.45, 2.75) is 12.8 Å². The van der Waals surface area contributed by atoms with Crippen LogP contribution in [0.1, 0.15) is 12.0 Å². The van der Waals surface area contributed by atoms with Gasteiger partial charge in [0.2, 0.25) is 0 Å². The van der Waals surface area contributed by atoms with Gasteiger partial charge in [-0.1, -0.05) is 24.3 Å². The van der Waals surface area contributed by atoms with Crippen LogP contribution in [0.5, 0.6) is 0 Å². The third kappa shape index (κ3) is 2.06. The highest BCUT2D eigenvalue weighted by Gasteiger charge is 2.13. The van der Waals surface area contributed by atoms with Crippen LogP contribution in [0.15, 0.2) is 53.7 Å². The number of nitrogens with two attached hydrogens (primary N) is 1. The van der Waals surface area contributed by atoms with Crippen LogP contribution in [0.4, 0.5) is 5.69 Å². The van der Waals surface area contributed by atoms with E-state index < -0.39 is 0 Å². The van der Waals surface area contributed by atoms with Crippen molar-refractivity contribution in [2.75, 3.05) is 6.54 Å². The second-order valence-corrected chi connectivity index (χ2v) is 5.47. The van der Waals surface area contributed by atoms with Gasteiger partial charge in [0.15, 0.2) is 0 Å². The Morgan fingerprint density at radius 1 is 1.10 bits per heavy atom. The van der Waals surface area contributed by atoms with Gasteiger partial charge in [-0.15, -0.1) is 0 Å². The fourth-order valence-electron chi connectivity index (χ4n) is 3.03. The quantitative estimate of drug-likeness (QED) is 0.734. The van der Waals surface area contributed by atoms with Crippen LogP contribution in [0.3, 0.4) is 0 Å². The first-order valence-electron chi connectivity index (χ1n) is 7.31. The van der Waals surface area contributed by atoms with Gasteiger partial charge in [0.05, 0.1) is 5.69 Å². The van der Waals surface area contributed by atoms with Gasteiger partial charge in [0.1, 0.15) is 0 Å². The normalized spacial score (nSPS) is 14.0. The summed E-state index contributed by atoms with van der Waals surface area (Å²) in [5, 5.41) is 1.26. The number of aliphatic imine (C=N–C) groups is 1. The zero-order valence-corrected chi connectivity index (χ0v) is 11.8. The lowest BCUT2D eigenvalue weighted by Gasteiger charge is -2.15. The van der Waals surface area contributed by atoms with E-state index in [2.05, 4.69) is 58.6 Å². The predicted molar refractivity (Wildman–Crippen MR) is 88.2 cm³/mol. The summed E-state index contributed by atoms with van der Waals surface area (Å²) in [6.07, 6.45) is 4.09. The predicted octanol–water partition coefficient (Wildman–Crippen LogP) is 3.81. The maximum Gasteiger partial charge on any atom is 0.0662 e. The molecule has 4 rings (SSSR count). The first kappa shape index (κ1) is 12.4. The molecular formula is C18H17N3. The van der Waals surface area contributed by atoms with Gasteiger partial charge in [-0.3, -0.25) is 4.99 Å². The maximum absolute atomic E-state index is 5.69. The average Bonchev–Trinajstić information content (AvgIpc) is 2.98. The number of hydrogen-bond donors (Lipinski definition) is 2. The van der Waals surface area contributed by atoms with Crippen molar-refractivity contribution >= 4 is 22.3 Å². The fourth-order valence-corrected chi connectivity index (χ4v) is 3.03. The molecule has 2 aromatic carbocycles. The molecule has 0 saturated heterocycles. The molecule has 0 spiro atoms. The Morgan fingerprint density at radius 2 is 2.00 bits per heavy atom. The van der Waals surface area contributed by atoms with Crippen LogP contribution in [0.25, 0.3) is 22.0 Å². The van der Waals surface area contributed by atoms with E-state index in [1.54, 1.807) is 0 Å². The van der Waals surface area contributed by atoms with Gasteiger partial charge in [-0.25, -0.2) is 0 Å². The molecule has 3 aromatic rings. The molecule has 0 unspecified atom stereocenters. The maximum atomic E-state index is 5.69. The second kappa shape index (κ2) is 4.86. The summed E-state index contributed by atoms with van der Waals surface area (Å²) < 4.78 is 0. The van der Waals surface area contributed by atoms with Crippen molar-refractivity contribution in [1.82, 2.24) is 4.98 Å². The molecular weight excluding hydrogens is 258 g/mol. The SMILES string of the molecule is NCC1=Nc2ccc(-c3c[nH]c4ccccc34)cc2CC1. The van der Waals surface area contributed by atoms with Gasteiger partial charge < -0.3 is 10.7 Å². The summed E-state index contributed by atoms with van der Waals surface area (Å²) in [7, 11) is 0. The smallest absolute Gasteiger partial charge is 0.0662 e. The van der Waals surface area contributed by atoms with Gasteiger partial charge >= 0.3 is 0 Å². The number of fused-ring (bicyclic) bond motifs is 2. The van der Waals surface area contributed by atoms with Gasteiger partial charge in [0.25, 0.3) is 0 Å². The Labute approximate surface area is 123 Å². The van der Waals surface area contributed by atoms with E-state index in [4.69, 9.17) is 5.73 Å². The molecule has 3 heteroatoms. The van der Waals surface area contributed by atoms with Crippen LogP contribution in [-0.4, -0.2) is 17.2 Å². The number of rotatable bonds is 2. The number of nitrogens with zero attached hydrogens (tertiary/aromatic N) is 1. The van der Waals surface area contributed by atoms with E-state index in [9.17, 15) is 0 Å². The molecule has 3 N–H and O–H groups in total. The van der Waals surface area contributed by atoms with Crippen LogP contribution in [-0.2, 0) is 6.42 Å². The fraction of sp³-hybridized carbons (Fsp3) is 0.167. The lowest BCUT2D eigenvalue weighted by Crippen LogP contribution is -2.16. The molecule has 0 amide bonds. The molecule has 21 heavy (non-hydrogen) atoms. The van der Waals surface area contributed by atoms with Crippen molar-refractivity contribution in [3.63, 3.8) is 0 Å². The highest BCUT2D eigenvalue weighted by molar-refractivity contribution is 5.96. The molecule has 104 valence electrons. The number of aromatic amines is 1. The van der Waals surface area contributed by atoms with Crippen molar-refractivity contribution < 1.29 is 0 Å². The molecule has 0 fully saturated rings. The average molecular weight is 275 g/mol. The van der Waals surface area contributed by atoms with E-state index in [1.165, 1.54) is 27.6 Å². The molecule has 0 aliphatic carbocycles. The summed E-state index contributed by atoms with van der Waals surface area (Å²) in [4.78, 5) is 7.97. The zero-order valence-electron chi connectivity index (χ0n) is 11.8. The Kier molecular flexibility index (Phi) is 2.86. The summed E-state index contributed by atoms with van der Waals surface area (Å²) in [6, 6.07) is 14.9. The molecule has 0 radical (unpaired) electrons. The third-order valence-corrected chi connectivity index (χ3v) is 4.18. The number of benzene rings is 2. The summed E-state index contributed by atoms with van der Waals surface area (Å²) in [5.41, 5.74) is 12.9. The minimum absolute atomic E-state index is 0.559. The van der Waals surface area contributed by atoms with Crippen LogP contribution in [0.2, 0.25) is 0 Å². The van der Waals surface area contributed by atoms with Gasteiger partial charge in [-0.2, -0.15) is 0 Å². The van der Waals surface area contributed by atoms with Gasteiger partial charge in [0, 0.05) is 34.9 Å². The Bertz CT molecular complexity index is 843. The first-order chi connectivity index (χ1) is 10.3. The molecule has 0 bridgehead atoms. The van der Waals surface area contributed by atoms with Crippen molar-refractivity contribution in [1.29, 1.82) is 0 Å². The van der Waals surface area contributed by atoms with E-state index in [0.29, 0.717) is 6.54 Å². The van der Waals surface area contributed by atoms with E-state index in [0.717, 1.165) is 24.2 Å². The highest BCUT2D eigenvalue weighted by Crippen LogP contribution is 2.33.